The maximum Gasteiger partial charge on any atom is 0.228 e. The molecule has 1 aromatic carbocycles. The average molecular weight is 322 g/mol. The van der Waals surface area contributed by atoms with Gasteiger partial charge in [-0.15, -0.1) is 11.3 Å². The number of carbonyl (C=O) groups is 1. The molecule has 3 aromatic rings. The fourth-order valence-electron chi connectivity index (χ4n) is 2.59. The van der Waals surface area contributed by atoms with Crippen molar-refractivity contribution >= 4 is 34.6 Å². The Kier molecular flexibility index (Phi) is 3.31. The number of nitrogens with zero attached hydrogens (tertiary/aromatic N) is 2. The Morgan fingerprint density at radius 2 is 2.13 bits per heavy atom. The zero-order valence-electron chi connectivity index (χ0n) is 12.5. The summed E-state index contributed by atoms with van der Waals surface area (Å²) in [5.41, 5.74) is 4.58. The van der Waals surface area contributed by atoms with Gasteiger partial charge in [0.25, 0.3) is 0 Å². The predicted octanol–water partition coefficient (Wildman–Crippen LogP) is 3.75. The number of aromatic nitrogens is 2. The van der Waals surface area contributed by atoms with Crippen LogP contribution in [0.5, 0.6) is 0 Å². The summed E-state index contributed by atoms with van der Waals surface area (Å²) in [6.45, 7) is 2.03. The number of fused-ring (bicyclic) bond motifs is 3. The molecule has 5 nitrogen and oxygen atoms in total. The summed E-state index contributed by atoms with van der Waals surface area (Å²) in [6.07, 6.45) is 2.03. The van der Waals surface area contributed by atoms with E-state index in [0.717, 1.165) is 33.1 Å². The lowest BCUT2D eigenvalue weighted by Crippen LogP contribution is -2.12. The molecule has 0 saturated heterocycles. The number of amides is 1. The van der Waals surface area contributed by atoms with E-state index in [2.05, 4.69) is 20.6 Å². The number of carbonyl (C=O) groups excluding carboxylic acids is 1. The third-order valence-corrected chi connectivity index (χ3v) is 4.68. The molecule has 1 amide bonds. The summed E-state index contributed by atoms with van der Waals surface area (Å²) < 4.78 is 0. The number of aryl methyl sites for hydroxylation is 1. The summed E-state index contributed by atoms with van der Waals surface area (Å²) in [5.74, 6) is 0.498. The first-order valence-corrected chi connectivity index (χ1v) is 8.15. The first-order valence-electron chi connectivity index (χ1n) is 7.27. The summed E-state index contributed by atoms with van der Waals surface area (Å²) >= 11 is 1.57. The summed E-state index contributed by atoms with van der Waals surface area (Å²) in [6, 6.07) is 9.90. The van der Waals surface area contributed by atoms with Crippen molar-refractivity contribution in [2.75, 3.05) is 10.6 Å². The molecule has 114 valence electrons. The van der Waals surface area contributed by atoms with E-state index >= 15 is 0 Å². The van der Waals surface area contributed by atoms with E-state index < -0.39 is 0 Å². The molecule has 0 unspecified atom stereocenters. The Morgan fingerprint density at radius 3 is 3.00 bits per heavy atom. The van der Waals surface area contributed by atoms with Gasteiger partial charge in [0.15, 0.2) is 0 Å². The maximum atomic E-state index is 11.9. The van der Waals surface area contributed by atoms with Crippen molar-refractivity contribution in [3.8, 4) is 10.6 Å². The highest BCUT2D eigenvalue weighted by Gasteiger charge is 2.22. The van der Waals surface area contributed by atoms with Crippen LogP contribution < -0.4 is 10.6 Å². The van der Waals surface area contributed by atoms with E-state index in [0.29, 0.717) is 12.4 Å². The van der Waals surface area contributed by atoms with Gasteiger partial charge in [0.2, 0.25) is 11.9 Å². The molecule has 2 N–H and O–H groups in total. The fraction of sp³-hybridized carbons (Fsp3) is 0.118. The highest BCUT2D eigenvalue weighted by Crippen LogP contribution is 2.37. The second-order valence-electron chi connectivity index (χ2n) is 5.40. The lowest BCUT2D eigenvalue weighted by Gasteiger charge is -2.10. The third kappa shape index (κ3) is 2.57. The van der Waals surface area contributed by atoms with Gasteiger partial charge >= 0.3 is 0 Å². The summed E-state index contributed by atoms with van der Waals surface area (Å²) in [7, 11) is 0. The molecule has 0 radical (unpaired) electrons. The molecular formula is C17H14N4OS. The Hall–Kier alpha value is -2.73. The number of nitrogens with one attached hydrogen (secondary N) is 2. The predicted molar refractivity (Wildman–Crippen MR) is 92.1 cm³/mol. The van der Waals surface area contributed by atoms with E-state index in [1.54, 1.807) is 17.5 Å². The van der Waals surface area contributed by atoms with Gasteiger partial charge in [0.1, 0.15) is 0 Å². The normalized spacial score (nSPS) is 12.8. The van der Waals surface area contributed by atoms with Crippen molar-refractivity contribution in [3.63, 3.8) is 0 Å². The zero-order valence-corrected chi connectivity index (χ0v) is 13.3. The van der Waals surface area contributed by atoms with Crippen molar-refractivity contribution in [2.45, 2.75) is 13.3 Å². The molecule has 0 saturated carbocycles. The zero-order chi connectivity index (χ0) is 15.8. The van der Waals surface area contributed by atoms with Crippen LogP contribution in [-0.2, 0) is 11.2 Å². The van der Waals surface area contributed by atoms with Gasteiger partial charge in [0, 0.05) is 17.4 Å². The quantitative estimate of drug-likeness (QED) is 0.754. The van der Waals surface area contributed by atoms with E-state index in [4.69, 9.17) is 0 Å². The molecule has 2 aromatic heterocycles. The van der Waals surface area contributed by atoms with E-state index in [1.807, 2.05) is 42.6 Å². The molecule has 6 heteroatoms. The molecular weight excluding hydrogens is 308 g/mol. The summed E-state index contributed by atoms with van der Waals surface area (Å²) in [5, 5.41) is 8.12. The van der Waals surface area contributed by atoms with Gasteiger partial charge in [-0.1, -0.05) is 18.2 Å². The van der Waals surface area contributed by atoms with Crippen molar-refractivity contribution in [1.29, 1.82) is 0 Å². The second kappa shape index (κ2) is 5.48. The van der Waals surface area contributed by atoms with Gasteiger partial charge in [-0.05, 0) is 30.0 Å². The Balaban J connectivity index is 1.77. The molecule has 0 spiro atoms. The van der Waals surface area contributed by atoms with Crippen LogP contribution in [0.3, 0.4) is 0 Å². The Morgan fingerprint density at radius 1 is 1.26 bits per heavy atom. The monoisotopic (exact) mass is 322 g/mol. The van der Waals surface area contributed by atoms with E-state index in [9.17, 15) is 4.79 Å². The van der Waals surface area contributed by atoms with Crippen molar-refractivity contribution < 1.29 is 4.79 Å². The highest BCUT2D eigenvalue weighted by molar-refractivity contribution is 7.14. The number of anilines is 3. The maximum absolute atomic E-state index is 11.9. The van der Waals surface area contributed by atoms with Crippen LogP contribution in [0.2, 0.25) is 0 Å². The lowest BCUT2D eigenvalue weighted by molar-refractivity contribution is -0.115. The van der Waals surface area contributed by atoms with Crippen LogP contribution in [0.25, 0.3) is 10.6 Å². The minimum absolute atomic E-state index is 0.0355. The van der Waals surface area contributed by atoms with Gasteiger partial charge < -0.3 is 10.6 Å². The summed E-state index contributed by atoms with van der Waals surface area (Å²) in [4.78, 5) is 21.9. The number of thiophene rings is 1. The minimum Gasteiger partial charge on any atom is -0.324 e. The smallest absolute Gasteiger partial charge is 0.228 e. The van der Waals surface area contributed by atoms with Crippen molar-refractivity contribution in [2.24, 2.45) is 0 Å². The second-order valence-corrected chi connectivity index (χ2v) is 6.31. The van der Waals surface area contributed by atoms with Crippen LogP contribution in [0.4, 0.5) is 17.3 Å². The first kappa shape index (κ1) is 13.9. The topological polar surface area (TPSA) is 66.9 Å². The Labute approximate surface area is 137 Å². The number of benzene rings is 1. The molecule has 23 heavy (non-hydrogen) atoms. The highest BCUT2D eigenvalue weighted by atomic mass is 32.1. The minimum atomic E-state index is -0.0355. The van der Waals surface area contributed by atoms with Crippen LogP contribution >= 0.6 is 11.3 Å². The standard InChI is InChI=1S/C17H14N4OS/c1-10-4-2-3-5-12(10)20-17-18-9-11-8-14(22)19-13-6-7-23-16(13)15(11)21-17/h2-7,9H,8H2,1H3,(H,19,22)(H,18,20,21). The lowest BCUT2D eigenvalue weighted by atomic mass is 10.1. The van der Waals surface area contributed by atoms with E-state index in [1.165, 1.54) is 0 Å². The number of hydrogen-bond acceptors (Lipinski definition) is 5. The number of hydrogen-bond donors (Lipinski definition) is 2. The largest absolute Gasteiger partial charge is 0.324 e. The third-order valence-electron chi connectivity index (χ3n) is 3.76. The molecule has 1 aliphatic heterocycles. The molecule has 0 aliphatic carbocycles. The van der Waals surface area contributed by atoms with Crippen molar-refractivity contribution in [3.05, 3.63) is 53.0 Å². The van der Waals surface area contributed by atoms with Gasteiger partial charge in [0.05, 0.1) is 22.7 Å². The molecule has 0 fully saturated rings. The average Bonchev–Trinajstić information content (AvgIpc) is 2.94. The Bertz CT molecular complexity index is 903. The van der Waals surface area contributed by atoms with Crippen LogP contribution in [-0.4, -0.2) is 15.9 Å². The van der Waals surface area contributed by atoms with Gasteiger partial charge in [-0.25, -0.2) is 9.97 Å². The number of para-hydroxylation sites is 1. The van der Waals surface area contributed by atoms with Crippen LogP contribution in [0.1, 0.15) is 11.1 Å². The molecule has 3 heterocycles. The van der Waals surface area contributed by atoms with Crippen LogP contribution in [0.15, 0.2) is 41.9 Å². The van der Waals surface area contributed by atoms with Gasteiger partial charge in [-0.3, -0.25) is 4.79 Å². The molecule has 4 rings (SSSR count). The number of rotatable bonds is 2. The van der Waals surface area contributed by atoms with E-state index in [-0.39, 0.29) is 5.91 Å². The SMILES string of the molecule is Cc1ccccc1Nc1ncc2c(n1)-c1sccc1NC(=O)C2. The molecule has 0 bridgehead atoms. The first-order chi connectivity index (χ1) is 11.2. The van der Waals surface area contributed by atoms with Crippen molar-refractivity contribution in [1.82, 2.24) is 9.97 Å². The van der Waals surface area contributed by atoms with Crippen LogP contribution in [0, 0.1) is 6.92 Å². The molecule has 1 aliphatic rings. The van der Waals surface area contributed by atoms with Gasteiger partial charge in [-0.2, -0.15) is 0 Å². The fourth-order valence-corrected chi connectivity index (χ4v) is 3.46. The molecule has 0 atom stereocenters.